The van der Waals surface area contributed by atoms with Gasteiger partial charge in [-0.2, -0.15) is 0 Å². The molecular formula is C12H19N5O2S. The number of nitrogen functional groups attached to an aromatic ring is 1. The Hall–Kier alpha value is -1.38. The number of rotatable bonds is 4. The highest BCUT2D eigenvalue weighted by Gasteiger charge is 2.44. The van der Waals surface area contributed by atoms with Gasteiger partial charge in [-0.25, -0.2) is 4.98 Å². The number of nitrogens with zero attached hydrogens (tertiary/aromatic N) is 2. The van der Waals surface area contributed by atoms with Crippen molar-refractivity contribution in [3.05, 3.63) is 4.88 Å². The van der Waals surface area contributed by atoms with Crippen LogP contribution in [0, 0.1) is 0 Å². The summed E-state index contributed by atoms with van der Waals surface area (Å²) < 4.78 is 0. The summed E-state index contributed by atoms with van der Waals surface area (Å²) in [4.78, 5) is 18.9. The quantitative estimate of drug-likeness (QED) is 0.596. The number of hydrogen-bond donors (Lipinski definition) is 4. The zero-order chi connectivity index (χ0) is 14.3. The third-order valence-electron chi connectivity index (χ3n) is 3.88. The van der Waals surface area contributed by atoms with Gasteiger partial charge in [0, 0.05) is 19.1 Å². The van der Waals surface area contributed by atoms with Gasteiger partial charge >= 0.3 is 0 Å². The molecule has 1 aromatic rings. The second-order valence-electron chi connectivity index (χ2n) is 5.60. The first-order chi connectivity index (χ1) is 9.53. The van der Waals surface area contributed by atoms with Gasteiger partial charge in [-0.1, -0.05) is 11.3 Å². The fourth-order valence-corrected chi connectivity index (χ4v) is 3.27. The van der Waals surface area contributed by atoms with Crippen LogP contribution in [0.15, 0.2) is 0 Å². The highest BCUT2D eigenvalue weighted by atomic mass is 32.1. The van der Waals surface area contributed by atoms with Gasteiger partial charge in [-0.3, -0.25) is 4.79 Å². The summed E-state index contributed by atoms with van der Waals surface area (Å²) in [7, 11) is 0. The average Bonchev–Trinajstić information content (AvgIpc) is 2.86. The molecule has 1 aliphatic heterocycles. The number of thiazole rings is 1. The molecule has 7 nitrogen and oxygen atoms in total. The second-order valence-corrected chi connectivity index (χ2v) is 6.58. The van der Waals surface area contributed by atoms with E-state index in [0.717, 1.165) is 37.5 Å². The Kier molecular flexibility index (Phi) is 3.31. The van der Waals surface area contributed by atoms with Gasteiger partial charge in [-0.05, 0) is 19.3 Å². The van der Waals surface area contributed by atoms with Crippen LogP contribution in [0.3, 0.4) is 0 Å². The Morgan fingerprint density at radius 2 is 2.35 bits per heavy atom. The van der Waals surface area contributed by atoms with Crippen molar-refractivity contribution in [1.29, 1.82) is 0 Å². The minimum atomic E-state index is -0.441. The number of carbonyl (C=O) groups excluding carboxylic acids is 1. The minimum Gasteiger partial charge on any atom is -0.394 e. The molecule has 6 N–H and O–H groups in total. The lowest BCUT2D eigenvalue weighted by atomic mass is 10.3. The number of nitrogens with two attached hydrogens (primary N) is 2. The molecule has 1 atom stereocenters. The van der Waals surface area contributed by atoms with Gasteiger partial charge in [0.25, 0.3) is 5.91 Å². The molecular weight excluding hydrogens is 278 g/mol. The topological polar surface area (TPSA) is 118 Å². The van der Waals surface area contributed by atoms with Crippen molar-refractivity contribution in [1.82, 2.24) is 10.3 Å². The first-order valence-electron chi connectivity index (χ1n) is 6.73. The Morgan fingerprint density at radius 1 is 1.60 bits per heavy atom. The van der Waals surface area contributed by atoms with Crippen molar-refractivity contribution in [2.24, 2.45) is 5.73 Å². The lowest BCUT2D eigenvalue weighted by Gasteiger charge is -2.14. The summed E-state index contributed by atoms with van der Waals surface area (Å²) in [6.07, 6.45) is 2.54. The lowest BCUT2D eigenvalue weighted by molar-refractivity contribution is 0.0911. The van der Waals surface area contributed by atoms with E-state index in [2.05, 4.69) is 15.2 Å². The van der Waals surface area contributed by atoms with Crippen LogP contribution in [0.5, 0.6) is 0 Å². The van der Waals surface area contributed by atoms with Gasteiger partial charge in [-0.15, -0.1) is 0 Å². The maximum Gasteiger partial charge on any atom is 0.265 e. The highest BCUT2D eigenvalue weighted by Crippen LogP contribution is 2.36. The number of nitrogens with one attached hydrogen (secondary N) is 1. The predicted octanol–water partition coefficient (Wildman–Crippen LogP) is -0.483. The monoisotopic (exact) mass is 297 g/mol. The maximum atomic E-state index is 12.2. The number of aliphatic hydroxyl groups is 1. The van der Waals surface area contributed by atoms with Gasteiger partial charge in [0.1, 0.15) is 10.7 Å². The van der Waals surface area contributed by atoms with Crippen molar-refractivity contribution in [2.45, 2.75) is 30.8 Å². The molecule has 0 radical (unpaired) electrons. The average molecular weight is 297 g/mol. The van der Waals surface area contributed by atoms with Crippen molar-refractivity contribution in [2.75, 3.05) is 30.3 Å². The molecule has 2 aliphatic rings. The van der Waals surface area contributed by atoms with E-state index in [-0.39, 0.29) is 24.4 Å². The lowest BCUT2D eigenvalue weighted by Crippen LogP contribution is -2.39. The van der Waals surface area contributed by atoms with Crippen LogP contribution in [0.1, 0.15) is 28.9 Å². The first kappa shape index (κ1) is 13.6. The van der Waals surface area contributed by atoms with E-state index in [1.165, 1.54) is 11.3 Å². The molecule has 0 spiro atoms. The molecule has 110 valence electrons. The van der Waals surface area contributed by atoms with Crippen molar-refractivity contribution in [3.63, 3.8) is 0 Å². The molecule has 1 saturated carbocycles. The molecule has 0 bridgehead atoms. The van der Waals surface area contributed by atoms with Crippen LogP contribution in [0.4, 0.5) is 10.9 Å². The number of anilines is 2. The molecule has 2 heterocycles. The van der Waals surface area contributed by atoms with Crippen LogP contribution >= 0.6 is 11.3 Å². The Balaban J connectivity index is 1.73. The molecule has 1 saturated heterocycles. The molecule has 3 rings (SSSR count). The largest absolute Gasteiger partial charge is 0.394 e. The van der Waals surface area contributed by atoms with E-state index >= 15 is 0 Å². The predicted molar refractivity (Wildman–Crippen MR) is 77.8 cm³/mol. The molecule has 1 unspecified atom stereocenters. The van der Waals surface area contributed by atoms with Crippen LogP contribution in [0.2, 0.25) is 0 Å². The molecule has 1 aliphatic carbocycles. The van der Waals surface area contributed by atoms with E-state index in [1.807, 2.05) is 0 Å². The summed E-state index contributed by atoms with van der Waals surface area (Å²) in [5, 5.41) is 12.8. The summed E-state index contributed by atoms with van der Waals surface area (Å²) >= 11 is 1.29. The second kappa shape index (κ2) is 4.87. The molecule has 1 aromatic heterocycles. The van der Waals surface area contributed by atoms with Crippen LogP contribution in [-0.2, 0) is 0 Å². The SMILES string of the molecule is Nc1nc(N2CCC(N)C2)sc1C(=O)NC1(CO)CC1. The smallest absolute Gasteiger partial charge is 0.265 e. The summed E-state index contributed by atoms with van der Waals surface area (Å²) in [5.41, 5.74) is 11.3. The molecule has 1 amide bonds. The third-order valence-corrected chi connectivity index (χ3v) is 5.01. The molecule has 0 aromatic carbocycles. The van der Waals surface area contributed by atoms with Crippen molar-refractivity contribution < 1.29 is 9.90 Å². The summed E-state index contributed by atoms with van der Waals surface area (Å²) in [5.74, 6) is -0.00185. The molecule has 8 heteroatoms. The van der Waals surface area contributed by atoms with E-state index in [1.54, 1.807) is 0 Å². The minimum absolute atomic E-state index is 0.0364. The fraction of sp³-hybridized carbons (Fsp3) is 0.667. The first-order valence-corrected chi connectivity index (χ1v) is 7.55. The van der Waals surface area contributed by atoms with E-state index < -0.39 is 5.54 Å². The summed E-state index contributed by atoms with van der Waals surface area (Å²) in [6.45, 7) is 1.55. The Morgan fingerprint density at radius 3 is 2.90 bits per heavy atom. The number of amides is 1. The van der Waals surface area contributed by atoms with Crippen molar-refractivity contribution in [3.8, 4) is 0 Å². The Bertz CT molecular complexity index is 528. The zero-order valence-corrected chi connectivity index (χ0v) is 11.9. The zero-order valence-electron chi connectivity index (χ0n) is 11.1. The third kappa shape index (κ3) is 2.46. The number of hydrogen-bond acceptors (Lipinski definition) is 7. The normalized spacial score (nSPS) is 23.9. The molecule has 2 fully saturated rings. The number of aliphatic hydroxyl groups excluding tert-OH is 1. The van der Waals surface area contributed by atoms with Crippen LogP contribution in [0.25, 0.3) is 0 Å². The van der Waals surface area contributed by atoms with Crippen LogP contribution < -0.4 is 21.7 Å². The van der Waals surface area contributed by atoms with E-state index in [9.17, 15) is 9.90 Å². The summed E-state index contributed by atoms with van der Waals surface area (Å²) in [6, 6.07) is 0.154. The van der Waals surface area contributed by atoms with Gasteiger partial charge in [0.2, 0.25) is 0 Å². The fourth-order valence-electron chi connectivity index (χ4n) is 2.35. The highest BCUT2D eigenvalue weighted by molar-refractivity contribution is 7.18. The maximum absolute atomic E-state index is 12.2. The van der Waals surface area contributed by atoms with Gasteiger partial charge in [0.05, 0.1) is 12.1 Å². The van der Waals surface area contributed by atoms with Gasteiger partial charge in [0.15, 0.2) is 5.13 Å². The standard InChI is InChI=1S/C12H19N5O2S/c13-7-1-4-17(5-7)11-15-9(14)8(20-11)10(19)16-12(6-18)2-3-12/h7,18H,1-6,13-14H2,(H,16,19). The Labute approximate surface area is 121 Å². The van der Waals surface area contributed by atoms with Crippen LogP contribution in [-0.4, -0.2) is 47.3 Å². The number of aromatic nitrogens is 1. The van der Waals surface area contributed by atoms with E-state index in [0.29, 0.717) is 4.88 Å². The van der Waals surface area contributed by atoms with Gasteiger partial charge < -0.3 is 26.8 Å². The van der Waals surface area contributed by atoms with Crippen molar-refractivity contribution >= 4 is 28.2 Å². The number of carbonyl (C=O) groups is 1. The van der Waals surface area contributed by atoms with E-state index in [4.69, 9.17) is 11.5 Å². The molecule has 20 heavy (non-hydrogen) atoms.